The Morgan fingerprint density at radius 1 is 1.05 bits per heavy atom. The van der Waals surface area contributed by atoms with Gasteiger partial charge in [-0.15, -0.1) is 0 Å². The first-order valence-corrected chi connectivity index (χ1v) is 7.22. The van der Waals surface area contributed by atoms with Crippen LogP contribution < -0.4 is 15.0 Å². The topological polar surface area (TPSA) is 44.7 Å². The molecule has 1 aliphatic heterocycles. The first kappa shape index (κ1) is 13.8. The molecule has 21 heavy (non-hydrogen) atoms. The van der Waals surface area contributed by atoms with E-state index in [1.807, 2.05) is 30.3 Å². The van der Waals surface area contributed by atoms with Gasteiger partial charge in [-0.2, -0.15) is 0 Å². The van der Waals surface area contributed by atoms with Crippen LogP contribution in [0.2, 0.25) is 0 Å². The molecule has 2 aromatic carbocycles. The summed E-state index contributed by atoms with van der Waals surface area (Å²) in [6.07, 6.45) is 0. The summed E-state index contributed by atoms with van der Waals surface area (Å²) in [5.74, 6) is 1.06. The van der Waals surface area contributed by atoms with E-state index in [1.54, 1.807) is 13.2 Å². The molecule has 0 aromatic heterocycles. The fraction of sp³-hybridized carbons (Fsp3) is 0.294. The Morgan fingerprint density at radius 3 is 2.57 bits per heavy atom. The van der Waals surface area contributed by atoms with Gasteiger partial charge >= 0.3 is 0 Å². The van der Waals surface area contributed by atoms with Crippen molar-refractivity contribution in [2.24, 2.45) is 0 Å². The normalized spacial score (nSPS) is 15.0. The number of nitrogens with zero attached hydrogens (tertiary/aromatic N) is 1. The highest BCUT2D eigenvalue weighted by Gasteiger charge is 2.19. The second-order valence-electron chi connectivity index (χ2n) is 5.11. The van der Waals surface area contributed by atoms with E-state index >= 15 is 0 Å². The van der Waals surface area contributed by atoms with Crippen LogP contribution in [0.4, 0.5) is 5.69 Å². The van der Waals surface area contributed by atoms with Gasteiger partial charge in [-0.1, -0.05) is 24.3 Å². The number of methoxy groups -OCH3 is 1. The second kappa shape index (κ2) is 6.06. The largest absolute Gasteiger partial charge is 0.507 e. The van der Waals surface area contributed by atoms with Crippen molar-refractivity contribution in [2.75, 3.05) is 38.2 Å². The molecule has 0 atom stereocenters. The number of piperazine rings is 1. The molecule has 0 amide bonds. The summed E-state index contributed by atoms with van der Waals surface area (Å²) in [6, 6.07) is 13.5. The molecule has 0 unspecified atom stereocenters. The lowest BCUT2D eigenvalue weighted by molar-refractivity contribution is 0.415. The van der Waals surface area contributed by atoms with Crippen LogP contribution in [0.5, 0.6) is 11.5 Å². The van der Waals surface area contributed by atoms with Gasteiger partial charge in [0.25, 0.3) is 0 Å². The predicted octanol–water partition coefficient (Wildman–Crippen LogP) is 2.48. The zero-order chi connectivity index (χ0) is 14.7. The highest BCUT2D eigenvalue weighted by atomic mass is 16.5. The third-order valence-corrected chi connectivity index (χ3v) is 3.85. The maximum absolute atomic E-state index is 10.4. The van der Waals surface area contributed by atoms with Gasteiger partial charge in [0, 0.05) is 37.4 Å². The Balaban J connectivity index is 2.12. The summed E-state index contributed by atoms with van der Waals surface area (Å²) in [7, 11) is 1.66. The molecular formula is C17H20N2O2. The maximum atomic E-state index is 10.4. The number of nitrogens with one attached hydrogen (secondary N) is 1. The monoisotopic (exact) mass is 284 g/mol. The number of ether oxygens (including phenoxy) is 1. The first-order chi connectivity index (χ1) is 10.3. The van der Waals surface area contributed by atoms with E-state index in [1.165, 1.54) is 0 Å². The fourth-order valence-electron chi connectivity index (χ4n) is 2.82. The third-order valence-electron chi connectivity index (χ3n) is 3.85. The van der Waals surface area contributed by atoms with E-state index < -0.39 is 0 Å². The van der Waals surface area contributed by atoms with E-state index in [9.17, 15) is 5.11 Å². The van der Waals surface area contributed by atoms with Crippen molar-refractivity contribution in [3.8, 4) is 22.6 Å². The lowest BCUT2D eigenvalue weighted by Crippen LogP contribution is -2.43. The van der Waals surface area contributed by atoms with E-state index in [0.29, 0.717) is 0 Å². The van der Waals surface area contributed by atoms with Gasteiger partial charge in [0.05, 0.1) is 12.7 Å². The Kier molecular flexibility index (Phi) is 3.97. The van der Waals surface area contributed by atoms with Gasteiger partial charge in [-0.05, 0) is 18.2 Å². The average molecular weight is 284 g/mol. The predicted molar refractivity (Wildman–Crippen MR) is 85.2 cm³/mol. The number of phenolic OH excluding ortho intramolecular Hbond substituents is 1. The third kappa shape index (κ3) is 2.67. The smallest absolute Gasteiger partial charge is 0.126 e. The molecule has 1 fully saturated rings. The number of phenols is 1. The quantitative estimate of drug-likeness (QED) is 0.909. The zero-order valence-corrected chi connectivity index (χ0v) is 12.2. The summed E-state index contributed by atoms with van der Waals surface area (Å²) in [5.41, 5.74) is 2.82. The minimum Gasteiger partial charge on any atom is -0.507 e. The zero-order valence-electron chi connectivity index (χ0n) is 12.2. The molecule has 0 saturated carbocycles. The molecule has 2 aromatic rings. The molecule has 4 heteroatoms. The highest BCUT2D eigenvalue weighted by Crippen LogP contribution is 2.42. The van der Waals surface area contributed by atoms with Crippen LogP contribution in [0, 0.1) is 0 Å². The molecule has 3 rings (SSSR count). The number of anilines is 1. The minimum atomic E-state index is 0.288. The molecule has 1 heterocycles. The standard InChI is InChI=1S/C17H20N2O2/c1-21-16-8-3-2-5-13(16)17-14(6-4-7-15(17)20)19-11-9-18-10-12-19/h2-8,18,20H,9-12H2,1H3. The molecule has 1 saturated heterocycles. The number of rotatable bonds is 3. The van der Waals surface area contributed by atoms with Gasteiger partial charge in [0.2, 0.25) is 0 Å². The number of aromatic hydroxyl groups is 1. The van der Waals surface area contributed by atoms with Crippen molar-refractivity contribution in [3.63, 3.8) is 0 Å². The van der Waals surface area contributed by atoms with Crippen molar-refractivity contribution in [2.45, 2.75) is 0 Å². The Morgan fingerprint density at radius 2 is 1.81 bits per heavy atom. The number of benzene rings is 2. The van der Waals surface area contributed by atoms with Gasteiger partial charge in [-0.3, -0.25) is 0 Å². The summed E-state index contributed by atoms with van der Waals surface area (Å²) >= 11 is 0. The van der Waals surface area contributed by atoms with Crippen LogP contribution in [-0.4, -0.2) is 38.4 Å². The van der Waals surface area contributed by atoms with Gasteiger partial charge in [0.1, 0.15) is 11.5 Å². The summed E-state index contributed by atoms with van der Waals surface area (Å²) in [5, 5.41) is 13.7. The van der Waals surface area contributed by atoms with Crippen LogP contribution >= 0.6 is 0 Å². The molecule has 0 bridgehead atoms. The summed E-state index contributed by atoms with van der Waals surface area (Å²) in [4.78, 5) is 2.30. The van der Waals surface area contributed by atoms with E-state index in [4.69, 9.17) is 4.74 Å². The molecule has 0 spiro atoms. The van der Waals surface area contributed by atoms with Crippen LogP contribution in [0.1, 0.15) is 0 Å². The molecule has 4 nitrogen and oxygen atoms in total. The molecule has 0 aliphatic carbocycles. The molecule has 2 N–H and O–H groups in total. The van der Waals surface area contributed by atoms with Gasteiger partial charge in [0.15, 0.2) is 0 Å². The Hall–Kier alpha value is -2.20. The molecular weight excluding hydrogens is 264 g/mol. The van der Waals surface area contributed by atoms with E-state index in [2.05, 4.69) is 16.3 Å². The second-order valence-corrected chi connectivity index (χ2v) is 5.11. The van der Waals surface area contributed by atoms with Crippen molar-refractivity contribution in [1.29, 1.82) is 0 Å². The molecule has 110 valence electrons. The summed E-state index contributed by atoms with van der Waals surface area (Å²) in [6.45, 7) is 3.79. The number of hydrogen-bond donors (Lipinski definition) is 2. The highest BCUT2D eigenvalue weighted by molar-refractivity contribution is 5.86. The van der Waals surface area contributed by atoms with Gasteiger partial charge < -0.3 is 20.1 Å². The molecule has 0 radical (unpaired) electrons. The van der Waals surface area contributed by atoms with Crippen LogP contribution in [0.15, 0.2) is 42.5 Å². The minimum absolute atomic E-state index is 0.288. The Labute approximate surface area is 125 Å². The lowest BCUT2D eigenvalue weighted by atomic mass is 10.00. The van der Waals surface area contributed by atoms with Gasteiger partial charge in [-0.25, -0.2) is 0 Å². The van der Waals surface area contributed by atoms with Crippen LogP contribution in [0.25, 0.3) is 11.1 Å². The lowest BCUT2D eigenvalue weighted by Gasteiger charge is -2.31. The van der Waals surface area contributed by atoms with Crippen molar-refractivity contribution in [1.82, 2.24) is 5.32 Å². The van der Waals surface area contributed by atoms with E-state index in [-0.39, 0.29) is 5.75 Å². The van der Waals surface area contributed by atoms with Crippen molar-refractivity contribution in [3.05, 3.63) is 42.5 Å². The number of hydrogen-bond acceptors (Lipinski definition) is 4. The van der Waals surface area contributed by atoms with E-state index in [0.717, 1.165) is 48.7 Å². The van der Waals surface area contributed by atoms with Crippen molar-refractivity contribution >= 4 is 5.69 Å². The maximum Gasteiger partial charge on any atom is 0.126 e. The fourth-order valence-corrected chi connectivity index (χ4v) is 2.82. The van der Waals surface area contributed by atoms with Crippen LogP contribution in [-0.2, 0) is 0 Å². The van der Waals surface area contributed by atoms with Crippen molar-refractivity contribution < 1.29 is 9.84 Å². The average Bonchev–Trinajstić information content (AvgIpc) is 2.55. The summed E-state index contributed by atoms with van der Waals surface area (Å²) < 4.78 is 5.46. The Bertz CT molecular complexity index is 622. The molecule has 1 aliphatic rings. The SMILES string of the molecule is COc1ccccc1-c1c(O)cccc1N1CCNCC1. The first-order valence-electron chi connectivity index (χ1n) is 7.22. The van der Waals surface area contributed by atoms with Crippen LogP contribution in [0.3, 0.4) is 0 Å². The number of para-hydroxylation sites is 1.